The Morgan fingerprint density at radius 2 is 1.24 bits per heavy atom. The zero-order valence-electron chi connectivity index (χ0n) is 18.0. The molecule has 0 spiro atoms. The molecule has 6 nitrogen and oxygen atoms in total. The maximum Gasteiger partial charge on any atom is 0.189 e. The molecule has 6 heteroatoms. The third-order valence-electron chi connectivity index (χ3n) is 5.88. The summed E-state index contributed by atoms with van der Waals surface area (Å²) in [5.74, 6) is 0.653. The van der Waals surface area contributed by atoms with Crippen molar-refractivity contribution < 1.29 is 0 Å². The van der Waals surface area contributed by atoms with Crippen molar-refractivity contribution in [2.75, 3.05) is 0 Å². The average Bonchev–Trinajstić information content (AvgIpc) is 3.52. The highest BCUT2D eigenvalue weighted by molar-refractivity contribution is 5.92. The van der Waals surface area contributed by atoms with Crippen LogP contribution in [0.3, 0.4) is 0 Å². The zero-order valence-corrected chi connectivity index (χ0v) is 18.0. The van der Waals surface area contributed by atoms with E-state index in [0.29, 0.717) is 5.82 Å². The number of imidazole rings is 1. The molecule has 6 rings (SSSR count). The Morgan fingerprint density at radius 3 is 1.91 bits per heavy atom. The second kappa shape index (κ2) is 7.84. The molecule has 6 aromatic rings. The van der Waals surface area contributed by atoms with Crippen LogP contribution >= 0.6 is 0 Å². The van der Waals surface area contributed by atoms with E-state index in [2.05, 4.69) is 63.0 Å². The normalized spacial score (nSPS) is 11.2. The Hall–Kier alpha value is -4.58. The number of nitrogens with zero attached hydrogens (tertiary/aromatic N) is 6. The van der Waals surface area contributed by atoms with Gasteiger partial charge in [0.15, 0.2) is 5.82 Å². The molecule has 0 N–H and O–H groups in total. The maximum absolute atomic E-state index is 4.62. The highest BCUT2D eigenvalue weighted by Gasteiger charge is 2.21. The Kier molecular flexibility index (Phi) is 4.54. The number of rotatable bonds is 4. The predicted molar refractivity (Wildman–Crippen MR) is 130 cm³/mol. The van der Waals surface area contributed by atoms with E-state index in [1.54, 1.807) is 0 Å². The second-order valence-electron chi connectivity index (χ2n) is 7.88. The molecule has 0 atom stereocenters. The minimum Gasteiger partial charge on any atom is -0.334 e. The molecule has 0 saturated heterocycles. The van der Waals surface area contributed by atoms with Gasteiger partial charge in [-0.15, -0.1) is 5.10 Å². The summed E-state index contributed by atoms with van der Waals surface area (Å²) in [7, 11) is 1.99. The molecule has 0 bridgehead atoms. The van der Waals surface area contributed by atoms with Crippen molar-refractivity contribution >= 4 is 11.0 Å². The van der Waals surface area contributed by atoms with Crippen LogP contribution in [-0.4, -0.2) is 29.8 Å². The topological polar surface area (TPSA) is 61.4 Å². The Balaban J connectivity index is 1.66. The van der Waals surface area contributed by atoms with Crippen LogP contribution in [0.4, 0.5) is 0 Å². The molecule has 0 saturated carbocycles. The van der Waals surface area contributed by atoms with Gasteiger partial charge in [0, 0.05) is 23.7 Å². The van der Waals surface area contributed by atoms with E-state index < -0.39 is 0 Å². The van der Waals surface area contributed by atoms with E-state index in [0.717, 1.165) is 44.5 Å². The van der Waals surface area contributed by atoms with Gasteiger partial charge >= 0.3 is 0 Å². The van der Waals surface area contributed by atoms with Crippen molar-refractivity contribution in [3.63, 3.8) is 0 Å². The lowest BCUT2D eigenvalue weighted by molar-refractivity contribution is 0.793. The van der Waals surface area contributed by atoms with Gasteiger partial charge in [0.25, 0.3) is 0 Å². The van der Waals surface area contributed by atoms with Crippen LogP contribution in [0, 0.1) is 0 Å². The molecule has 158 valence electrons. The Morgan fingerprint density at radius 1 is 0.636 bits per heavy atom. The third kappa shape index (κ3) is 3.20. The van der Waals surface area contributed by atoms with Crippen LogP contribution in [0.2, 0.25) is 0 Å². The van der Waals surface area contributed by atoms with Crippen LogP contribution in [0.5, 0.6) is 0 Å². The van der Waals surface area contributed by atoms with E-state index in [9.17, 15) is 0 Å². The summed E-state index contributed by atoms with van der Waals surface area (Å²) in [6, 6.07) is 33.0. The zero-order chi connectivity index (χ0) is 22.2. The lowest BCUT2D eigenvalue weighted by Crippen LogP contribution is -2.05. The number of hydrogen-bond acceptors (Lipinski definition) is 4. The van der Waals surface area contributed by atoms with Crippen LogP contribution in [0.25, 0.3) is 50.4 Å². The van der Waals surface area contributed by atoms with Gasteiger partial charge in [-0.2, -0.15) is 4.68 Å². The van der Waals surface area contributed by atoms with Crippen molar-refractivity contribution in [1.82, 2.24) is 29.8 Å². The van der Waals surface area contributed by atoms with Crippen LogP contribution in [-0.2, 0) is 7.05 Å². The molecular weight excluding hydrogens is 408 g/mol. The molecule has 2 heterocycles. The van der Waals surface area contributed by atoms with Crippen molar-refractivity contribution in [3.8, 4) is 39.3 Å². The molecule has 4 aromatic carbocycles. The Labute approximate surface area is 190 Å². The van der Waals surface area contributed by atoms with Crippen LogP contribution in [0.15, 0.2) is 103 Å². The molecule has 0 aliphatic carbocycles. The summed E-state index contributed by atoms with van der Waals surface area (Å²) in [4.78, 5) is 4.62. The molecule has 2 aromatic heterocycles. The van der Waals surface area contributed by atoms with Gasteiger partial charge in [0.1, 0.15) is 0 Å². The highest BCUT2D eigenvalue weighted by Crippen LogP contribution is 2.37. The van der Waals surface area contributed by atoms with Gasteiger partial charge < -0.3 is 4.57 Å². The van der Waals surface area contributed by atoms with Gasteiger partial charge in [-0.1, -0.05) is 84.9 Å². The fraction of sp³-hybridized carbons (Fsp3) is 0.0370. The van der Waals surface area contributed by atoms with Gasteiger partial charge in [0.05, 0.1) is 23.0 Å². The SMILES string of the molecule is Cn1cnc2c(-c3nnnn3-c3c(-c4ccccc4)cccc3-c3ccccc3)cccc21. The Bertz CT molecular complexity index is 1510. The molecule has 33 heavy (non-hydrogen) atoms. The van der Waals surface area contributed by atoms with Crippen LogP contribution < -0.4 is 0 Å². The first-order chi connectivity index (χ1) is 16.3. The fourth-order valence-electron chi connectivity index (χ4n) is 4.32. The molecular formula is C27H20N6. The first-order valence-corrected chi connectivity index (χ1v) is 10.7. The predicted octanol–water partition coefficient (Wildman–Crippen LogP) is 5.55. The lowest BCUT2D eigenvalue weighted by Gasteiger charge is -2.16. The number of hydrogen-bond donors (Lipinski definition) is 0. The first-order valence-electron chi connectivity index (χ1n) is 10.7. The molecule has 0 aliphatic rings. The van der Waals surface area contributed by atoms with Crippen molar-refractivity contribution in [2.45, 2.75) is 0 Å². The first kappa shape index (κ1) is 19.1. The minimum atomic E-state index is 0.653. The molecule has 0 amide bonds. The minimum absolute atomic E-state index is 0.653. The summed E-state index contributed by atoms with van der Waals surface area (Å²) in [6.07, 6.45) is 1.82. The number of aromatic nitrogens is 6. The second-order valence-corrected chi connectivity index (χ2v) is 7.88. The van der Waals surface area contributed by atoms with Gasteiger partial charge in [-0.05, 0) is 33.7 Å². The van der Waals surface area contributed by atoms with E-state index in [1.807, 2.05) is 77.2 Å². The van der Waals surface area contributed by atoms with Crippen molar-refractivity contribution in [2.24, 2.45) is 7.05 Å². The van der Waals surface area contributed by atoms with Crippen molar-refractivity contribution in [1.29, 1.82) is 0 Å². The average molecular weight is 428 g/mol. The fourth-order valence-corrected chi connectivity index (χ4v) is 4.32. The molecule has 0 unspecified atom stereocenters. The van der Waals surface area contributed by atoms with E-state index in [4.69, 9.17) is 0 Å². The third-order valence-corrected chi connectivity index (χ3v) is 5.88. The van der Waals surface area contributed by atoms with E-state index >= 15 is 0 Å². The standard InChI is InChI=1S/C27H20N6/c1-32-18-28-25-23(16-9-17-24(25)32)27-29-30-31-33(27)26-21(19-10-4-2-5-11-19)14-8-15-22(26)20-12-6-3-7-13-20/h2-18H,1H3. The number of aryl methyl sites for hydroxylation is 1. The van der Waals surface area contributed by atoms with Gasteiger partial charge in [-0.25, -0.2) is 4.98 Å². The van der Waals surface area contributed by atoms with E-state index in [-0.39, 0.29) is 0 Å². The molecule has 0 radical (unpaired) electrons. The maximum atomic E-state index is 4.62. The quantitative estimate of drug-likeness (QED) is 0.369. The van der Waals surface area contributed by atoms with Gasteiger partial charge in [0.2, 0.25) is 0 Å². The number of fused-ring (bicyclic) bond motifs is 1. The smallest absolute Gasteiger partial charge is 0.189 e. The van der Waals surface area contributed by atoms with Crippen molar-refractivity contribution in [3.05, 3.63) is 103 Å². The largest absolute Gasteiger partial charge is 0.334 e. The summed E-state index contributed by atoms with van der Waals surface area (Å²) in [5, 5.41) is 13.0. The number of benzene rings is 4. The summed E-state index contributed by atoms with van der Waals surface area (Å²) in [5.41, 5.74) is 8.03. The summed E-state index contributed by atoms with van der Waals surface area (Å²) in [6.45, 7) is 0. The summed E-state index contributed by atoms with van der Waals surface area (Å²) >= 11 is 0. The van der Waals surface area contributed by atoms with E-state index in [1.165, 1.54) is 0 Å². The molecule has 0 aliphatic heterocycles. The van der Waals surface area contributed by atoms with Gasteiger partial charge in [-0.3, -0.25) is 0 Å². The monoisotopic (exact) mass is 428 g/mol. The van der Waals surface area contributed by atoms with Crippen LogP contribution in [0.1, 0.15) is 0 Å². The molecule has 0 fully saturated rings. The summed E-state index contributed by atoms with van der Waals surface area (Å²) < 4.78 is 3.84. The number of tetrazole rings is 1. The number of para-hydroxylation sites is 2. The lowest BCUT2D eigenvalue weighted by atomic mass is 9.95. The highest BCUT2D eigenvalue weighted by atomic mass is 15.5.